The Morgan fingerprint density at radius 2 is 1.41 bits per heavy atom. The lowest BCUT2D eigenvalue weighted by Gasteiger charge is -2.20. The van der Waals surface area contributed by atoms with Crippen molar-refractivity contribution in [2.75, 3.05) is 7.11 Å². The number of nitrogens with zero attached hydrogens (tertiary/aromatic N) is 2. The van der Waals surface area contributed by atoms with Crippen LogP contribution < -0.4 is 4.74 Å². The van der Waals surface area contributed by atoms with Gasteiger partial charge in [-0.05, 0) is 84.1 Å². The van der Waals surface area contributed by atoms with Gasteiger partial charge in [0.25, 0.3) is 0 Å². The van der Waals surface area contributed by atoms with E-state index in [4.69, 9.17) is 9.57 Å². The van der Waals surface area contributed by atoms with Crippen molar-refractivity contribution in [3.63, 3.8) is 0 Å². The number of alkyl halides is 9. The van der Waals surface area contributed by atoms with Gasteiger partial charge in [-0.1, -0.05) is 30.3 Å². The van der Waals surface area contributed by atoms with E-state index < -0.39 is 52.8 Å². The first-order chi connectivity index (χ1) is 22.8. The Morgan fingerprint density at radius 1 is 0.796 bits per heavy atom. The van der Waals surface area contributed by atoms with Gasteiger partial charge in [-0.25, -0.2) is 4.98 Å². The van der Waals surface area contributed by atoms with Crippen molar-refractivity contribution in [2.45, 2.75) is 51.8 Å². The second-order valence-electron chi connectivity index (χ2n) is 11.6. The maximum Gasteiger partial charge on any atom is 0.416 e. The second kappa shape index (κ2) is 12.9. The summed E-state index contributed by atoms with van der Waals surface area (Å²) in [6.07, 6.45) is -15.1. The second-order valence-corrected chi connectivity index (χ2v) is 11.6. The Labute approximate surface area is 274 Å². The van der Waals surface area contributed by atoms with Crippen LogP contribution in [-0.2, 0) is 29.8 Å². The number of rotatable bonds is 7. The molecule has 1 aromatic heterocycles. The number of ketones is 1. The summed E-state index contributed by atoms with van der Waals surface area (Å²) in [4.78, 5) is 21.6. The van der Waals surface area contributed by atoms with Gasteiger partial charge in [-0.15, -0.1) is 0 Å². The molecule has 258 valence electrons. The van der Waals surface area contributed by atoms with E-state index in [1.807, 2.05) is 0 Å². The van der Waals surface area contributed by atoms with Gasteiger partial charge < -0.3 is 9.57 Å². The summed E-state index contributed by atoms with van der Waals surface area (Å²) in [5.41, 5.74) is -1.30. The first-order valence-electron chi connectivity index (χ1n) is 14.7. The normalized spacial score (nSPS) is 16.7. The van der Waals surface area contributed by atoms with E-state index in [1.165, 1.54) is 33.2 Å². The van der Waals surface area contributed by atoms with E-state index in [1.54, 1.807) is 31.2 Å². The van der Waals surface area contributed by atoms with E-state index in [0.29, 0.717) is 34.4 Å². The topological polar surface area (TPSA) is 60.8 Å². The molecule has 0 unspecified atom stereocenters. The molecule has 5 rings (SSSR count). The summed E-state index contributed by atoms with van der Waals surface area (Å²) in [6.45, 7) is 4.66. The maximum atomic E-state index is 13.9. The number of hydrogen-bond donors (Lipinski definition) is 0. The van der Waals surface area contributed by atoms with Crippen LogP contribution >= 0.6 is 0 Å². The molecule has 3 aromatic carbocycles. The Hall–Kier alpha value is -4.88. The minimum atomic E-state index is -5.09. The molecule has 0 radical (unpaired) electrons. The molecule has 0 saturated heterocycles. The highest BCUT2D eigenvalue weighted by atomic mass is 19.4. The number of hydrogen-bond acceptors (Lipinski definition) is 5. The van der Waals surface area contributed by atoms with E-state index >= 15 is 0 Å². The number of oxime groups is 1. The van der Waals surface area contributed by atoms with E-state index in [2.05, 4.69) is 10.1 Å². The van der Waals surface area contributed by atoms with Crippen LogP contribution in [0.1, 0.15) is 63.7 Å². The number of ether oxygens (including phenoxy) is 1. The molecule has 0 saturated carbocycles. The minimum absolute atomic E-state index is 0.00544. The van der Waals surface area contributed by atoms with Gasteiger partial charge >= 0.3 is 18.5 Å². The third-order valence-corrected chi connectivity index (χ3v) is 8.28. The average Bonchev–Trinajstić information content (AvgIpc) is 3.38. The molecular weight excluding hydrogens is 667 g/mol. The third kappa shape index (κ3) is 7.42. The van der Waals surface area contributed by atoms with Crippen molar-refractivity contribution in [3.05, 3.63) is 106 Å². The molecular formula is C35H27F9N2O3. The molecule has 49 heavy (non-hydrogen) atoms. The van der Waals surface area contributed by atoms with Crippen molar-refractivity contribution in [1.82, 2.24) is 4.98 Å². The number of aromatic nitrogens is 1. The Bertz CT molecular complexity index is 1910. The molecule has 0 fully saturated rings. The van der Waals surface area contributed by atoms with Crippen LogP contribution in [0.4, 0.5) is 39.5 Å². The number of halogens is 9. The Balaban J connectivity index is 1.57. The number of carbonyl (C=O) groups excluding carboxylic acids is 1. The summed E-state index contributed by atoms with van der Waals surface area (Å²) in [6, 6.07) is 10.8. The Kier molecular flexibility index (Phi) is 9.30. The number of pyridine rings is 1. The molecule has 0 spiro atoms. The van der Waals surface area contributed by atoms with Gasteiger partial charge in [0.2, 0.25) is 5.88 Å². The van der Waals surface area contributed by atoms with Crippen molar-refractivity contribution in [2.24, 2.45) is 11.1 Å². The number of benzene rings is 3. The van der Waals surface area contributed by atoms with Crippen molar-refractivity contribution >= 4 is 11.5 Å². The van der Waals surface area contributed by atoms with E-state index in [9.17, 15) is 44.3 Å². The molecule has 0 amide bonds. The average molecular weight is 695 g/mol. The molecule has 0 N–H and O–H groups in total. The molecule has 1 aliphatic heterocycles. The fourth-order valence-corrected chi connectivity index (χ4v) is 5.70. The van der Waals surface area contributed by atoms with Crippen LogP contribution in [0, 0.1) is 12.8 Å². The lowest BCUT2D eigenvalue weighted by Crippen LogP contribution is -2.19. The first-order valence-corrected chi connectivity index (χ1v) is 14.7. The smallest absolute Gasteiger partial charge is 0.416 e. The molecule has 14 heteroatoms. The fraction of sp³-hybridized carbons (Fsp3) is 0.286. The molecule has 2 atom stereocenters. The summed E-state index contributed by atoms with van der Waals surface area (Å²) < 4.78 is 128. The summed E-state index contributed by atoms with van der Waals surface area (Å²) in [5, 5.41) is 3.92. The number of aryl methyl sites for hydroxylation is 1. The quantitative estimate of drug-likeness (QED) is 0.143. The first kappa shape index (κ1) is 35.4. The Morgan fingerprint density at radius 3 is 1.96 bits per heavy atom. The van der Waals surface area contributed by atoms with Crippen molar-refractivity contribution in [1.29, 1.82) is 0 Å². The lowest BCUT2D eigenvalue weighted by atomic mass is 9.86. The van der Waals surface area contributed by atoms with Crippen LogP contribution in [0.5, 0.6) is 5.88 Å². The highest BCUT2D eigenvalue weighted by molar-refractivity contribution is 5.95. The number of methoxy groups -OCH3 is 1. The van der Waals surface area contributed by atoms with Gasteiger partial charge in [0.1, 0.15) is 0 Å². The maximum absolute atomic E-state index is 13.9. The molecule has 4 aromatic rings. The van der Waals surface area contributed by atoms with Crippen LogP contribution in [0.2, 0.25) is 0 Å². The zero-order valence-electron chi connectivity index (χ0n) is 26.2. The predicted molar refractivity (Wildman–Crippen MR) is 162 cm³/mol. The number of Topliss-reactive ketones (excluding diaryl/α,β-unsaturated/α-hetero) is 1. The summed E-state index contributed by atoms with van der Waals surface area (Å²) in [7, 11) is 1.33. The molecule has 0 aliphatic carbocycles. The molecule has 5 nitrogen and oxygen atoms in total. The van der Waals surface area contributed by atoms with Gasteiger partial charge in [-0.2, -0.15) is 39.5 Å². The summed E-state index contributed by atoms with van der Waals surface area (Å²) >= 11 is 0. The minimum Gasteiger partial charge on any atom is -0.481 e. The third-order valence-electron chi connectivity index (χ3n) is 8.28. The predicted octanol–water partition coefficient (Wildman–Crippen LogP) is 10.3. The largest absolute Gasteiger partial charge is 0.481 e. The van der Waals surface area contributed by atoms with Crippen LogP contribution in [0.15, 0.2) is 72.0 Å². The highest BCUT2D eigenvalue weighted by Crippen LogP contribution is 2.43. The zero-order valence-corrected chi connectivity index (χ0v) is 26.2. The standard InChI is InChI=1S/C35H27F9N2O3/c1-17-9-20(19(3)47)5-7-27(17)23-13-29(32(48-4)45-16-23)28-8-6-24(33(36,37)38)10-21(28)14-30-18(2)31(49-46-30)22-11-25(34(39,40)41)15-26(12-22)35(42,43)44/h5-13,15-16,18,31H,14H2,1-4H3/t18-,31+/m1/s1. The van der Waals surface area contributed by atoms with Crippen LogP contribution in [-0.4, -0.2) is 23.6 Å². The van der Waals surface area contributed by atoms with Crippen LogP contribution in [0.25, 0.3) is 22.3 Å². The molecule has 0 bridgehead atoms. The van der Waals surface area contributed by atoms with Crippen molar-refractivity contribution < 1.29 is 53.9 Å². The van der Waals surface area contributed by atoms with Crippen LogP contribution in [0.3, 0.4) is 0 Å². The fourth-order valence-electron chi connectivity index (χ4n) is 5.70. The van der Waals surface area contributed by atoms with E-state index in [-0.39, 0.29) is 41.0 Å². The molecule has 1 aliphatic rings. The number of carbonyl (C=O) groups is 1. The van der Waals surface area contributed by atoms with E-state index in [0.717, 1.165) is 17.7 Å². The van der Waals surface area contributed by atoms with Gasteiger partial charge in [0, 0.05) is 35.2 Å². The molecule has 2 heterocycles. The van der Waals surface area contributed by atoms with Gasteiger partial charge in [0.05, 0.1) is 29.5 Å². The lowest BCUT2D eigenvalue weighted by molar-refractivity contribution is -0.143. The van der Waals surface area contributed by atoms with Gasteiger partial charge in [-0.3, -0.25) is 4.79 Å². The SMILES string of the molecule is COc1ncc(-c2ccc(C(C)=O)cc2C)cc1-c1ccc(C(F)(F)F)cc1CC1=NO[C@H](c2cc(C(F)(F)F)cc(C(F)(F)F)c2)[C@@H]1C. The van der Waals surface area contributed by atoms with Crippen molar-refractivity contribution in [3.8, 4) is 28.1 Å². The highest BCUT2D eigenvalue weighted by Gasteiger charge is 2.40. The monoisotopic (exact) mass is 694 g/mol. The zero-order chi connectivity index (χ0) is 36.1. The summed E-state index contributed by atoms with van der Waals surface area (Å²) in [5.74, 6) is -0.996. The van der Waals surface area contributed by atoms with Gasteiger partial charge in [0.15, 0.2) is 11.9 Å².